The molecule has 27 heavy (non-hydrogen) atoms. The highest BCUT2D eigenvalue weighted by Gasteiger charge is 2.14. The minimum atomic E-state index is -0.334. The Bertz CT molecular complexity index is 789. The molecule has 1 heterocycles. The molecular formula is C20H22FN3O3. The normalized spacial score (nSPS) is 14.6. The zero-order chi connectivity index (χ0) is 19.1. The zero-order valence-corrected chi connectivity index (χ0v) is 14.9. The Labute approximate surface area is 157 Å². The highest BCUT2D eigenvalue weighted by atomic mass is 19.1. The lowest BCUT2D eigenvalue weighted by molar-refractivity contribution is -0.118. The van der Waals surface area contributed by atoms with E-state index in [2.05, 4.69) is 10.6 Å². The van der Waals surface area contributed by atoms with Crippen LogP contribution in [0.2, 0.25) is 0 Å². The summed E-state index contributed by atoms with van der Waals surface area (Å²) in [5, 5.41) is 5.63. The first-order chi connectivity index (χ1) is 13.1. The molecule has 1 fully saturated rings. The van der Waals surface area contributed by atoms with Gasteiger partial charge in [0.25, 0.3) is 0 Å². The number of ether oxygens (including phenoxy) is 1. The molecule has 1 aliphatic heterocycles. The standard InChI is InChI=1S/C20H22FN3O3/c21-16-6-4-15(5-7-16)12-19(25)22-17-2-1-3-18(13-17)23-20(26)14-24-8-10-27-11-9-24/h1-7,13H,8-12,14H2,(H,22,25)(H,23,26). The first kappa shape index (κ1) is 19.0. The number of halogens is 1. The fourth-order valence-corrected chi connectivity index (χ4v) is 2.83. The van der Waals surface area contributed by atoms with E-state index in [1.807, 2.05) is 4.90 Å². The summed E-state index contributed by atoms with van der Waals surface area (Å²) in [5.74, 6) is -0.648. The maximum Gasteiger partial charge on any atom is 0.238 e. The second-order valence-corrected chi connectivity index (χ2v) is 6.37. The molecule has 0 radical (unpaired) electrons. The summed E-state index contributed by atoms with van der Waals surface area (Å²) in [4.78, 5) is 26.4. The van der Waals surface area contributed by atoms with Crippen molar-refractivity contribution < 1.29 is 18.7 Å². The van der Waals surface area contributed by atoms with E-state index in [1.54, 1.807) is 36.4 Å². The number of nitrogens with one attached hydrogen (secondary N) is 2. The molecule has 0 atom stereocenters. The molecule has 0 unspecified atom stereocenters. The number of hydrogen-bond donors (Lipinski definition) is 2. The second kappa shape index (κ2) is 9.25. The van der Waals surface area contributed by atoms with Gasteiger partial charge >= 0.3 is 0 Å². The van der Waals surface area contributed by atoms with Crippen molar-refractivity contribution in [1.29, 1.82) is 0 Å². The molecule has 7 heteroatoms. The van der Waals surface area contributed by atoms with E-state index in [-0.39, 0.29) is 24.1 Å². The van der Waals surface area contributed by atoms with Gasteiger partial charge in [0.2, 0.25) is 11.8 Å². The molecule has 0 aliphatic carbocycles. The van der Waals surface area contributed by atoms with Crippen molar-refractivity contribution in [2.24, 2.45) is 0 Å². The summed E-state index contributed by atoms with van der Waals surface area (Å²) >= 11 is 0. The molecule has 2 amide bonds. The highest BCUT2D eigenvalue weighted by Crippen LogP contribution is 2.16. The van der Waals surface area contributed by atoms with Crippen LogP contribution in [0.4, 0.5) is 15.8 Å². The van der Waals surface area contributed by atoms with Crippen LogP contribution in [-0.2, 0) is 20.7 Å². The third kappa shape index (κ3) is 6.16. The minimum Gasteiger partial charge on any atom is -0.379 e. The van der Waals surface area contributed by atoms with E-state index in [0.717, 1.165) is 18.7 Å². The van der Waals surface area contributed by atoms with Gasteiger partial charge in [-0.05, 0) is 35.9 Å². The van der Waals surface area contributed by atoms with Gasteiger partial charge in [-0.1, -0.05) is 18.2 Å². The van der Waals surface area contributed by atoms with Crippen molar-refractivity contribution in [2.75, 3.05) is 43.5 Å². The number of morpholine rings is 1. The fourth-order valence-electron chi connectivity index (χ4n) is 2.83. The third-order valence-electron chi connectivity index (χ3n) is 4.18. The number of amides is 2. The van der Waals surface area contributed by atoms with Gasteiger partial charge in [0.05, 0.1) is 26.2 Å². The Kier molecular flexibility index (Phi) is 6.51. The molecule has 0 bridgehead atoms. The molecule has 0 spiro atoms. The summed E-state index contributed by atoms with van der Waals surface area (Å²) in [7, 11) is 0. The minimum absolute atomic E-state index is 0.105. The van der Waals surface area contributed by atoms with Crippen molar-refractivity contribution in [3.63, 3.8) is 0 Å². The monoisotopic (exact) mass is 371 g/mol. The number of rotatable bonds is 6. The van der Waals surface area contributed by atoms with Crippen molar-refractivity contribution in [3.8, 4) is 0 Å². The lowest BCUT2D eigenvalue weighted by atomic mass is 10.1. The summed E-state index contributed by atoms with van der Waals surface area (Å²) < 4.78 is 18.2. The quantitative estimate of drug-likeness (QED) is 0.817. The molecule has 2 aromatic rings. The molecule has 6 nitrogen and oxygen atoms in total. The Hall–Kier alpha value is -2.77. The van der Waals surface area contributed by atoms with Crippen molar-refractivity contribution >= 4 is 23.2 Å². The topological polar surface area (TPSA) is 70.7 Å². The molecule has 1 aliphatic rings. The molecule has 0 saturated carbocycles. The average molecular weight is 371 g/mol. The fraction of sp³-hybridized carbons (Fsp3) is 0.300. The summed E-state index contributed by atoms with van der Waals surface area (Å²) in [6, 6.07) is 12.8. The van der Waals surface area contributed by atoms with Gasteiger partial charge in [0.1, 0.15) is 5.82 Å². The van der Waals surface area contributed by atoms with Crippen LogP contribution >= 0.6 is 0 Å². The SMILES string of the molecule is O=C(Cc1ccc(F)cc1)Nc1cccc(NC(=O)CN2CCOCC2)c1. The second-order valence-electron chi connectivity index (χ2n) is 6.37. The van der Waals surface area contributed by atoms with Gasteiger partial charge in [-0.25, -0.2) is 4.39 Å². The predicted molar refractivity (Wildman–Crippen MR) is 101 cm³/mol. The third-order valence-corrected chi connectivity index (χ3v) is 4.18. The van der Waals surface area contributed by atoms with E-state index in [0.29, 0.717) is 31.1 Å². The van der Waals surface area contributed by atoms with E-state index >= 15 is 0 Å². The van der Waals surface area contributed by atoms with E-state index in [4.69, 9.17) is 4.74 Å². The maximum atomic E-state index is 12.9. The summed E-state index contributed by atoms with van der Waals surface area (Å²) in [5.41, 5.74) is 1.93. The van der Waals surface area contributed by atoms with Gasteiger partial charge in [0.15, 0.2) is 0 Å². The number of benzene rings is 2. The van der Waals surface area contributed by atoms with Crippen molar-refractivity contribution in [2.45, 2.75) is 6.42 Å². The first-order valence-corrected chi connectivity index (χ1v) is 8.83. The van der Waals surface area contributed by atoms with Crippen LogP contribution in [0.3, 0.4) is 0 Å². The Morgan fingerprint density at radius 2 is 1.59 bits per heavy atom. The van der Waals surface area contributed by atoms with Crippen LogP contribution in [0.5, 0.6) is 0 Å². The molecule has 2 N–H and O–H groups in total. The zero-order valence-electron chi connectivity index (χ0n) is 14.9. The van der Waals surface area contributed by atoms with Crippen LogP contribution in [0.15, 0.2) is 48.5 Å². The van der Waals surface area contributed by atoms with E-state index < -0.39 is 0 Å². The molecule has 2 aromatic carbocycles. The van der Waals surface area contributed by atoms with Crippen molar-refractivity contribution in [1.82, 2.24) is 4.90 Å². The molecular weight excluding hydrogens is 349 g/mol. The largest absolute Gasteiger partial charge is 0.379 e. The number of hydrogen-bond acceptors (Lipinski definition) is 4. The predicted octanol–water partition coefficient (Wildman–Crippen LogP) is 2.28. The Morgan fingerprint density at radius 1 is 0.963 bits per heavy atom. The summed E-state index contributed by atoms with van der Waals surface area (Å²) in [6.07, 6.45) is 0.147. The maximum absolute atomic E-state index is 12.9. The van der Waals surface area contributed by atoms with Crippen LogP contribution < -0.4 is 10.6 Å². The Balaban J connectivity index is 1.52. The molecule has 142 valence electrons. The number of carbonyl (C=O) groups is 2. The number of nitrogens with zero attached hydrogens (tertiary/aromatic N) is 1. The number of anilines is 2. The summed E-state index contributed by atoms with van der Waals surface area (Å²) in [6.45, 7) is 3.08. The average Bonchev–Trinajstić information content (AvgIpc) is 2.64. The van der Waals surface area contributed by atoms with Crippen LogP contribution in [0.1, 0.15) is 5.56 Å². The molecule has 0 aromatic heterocycles. The van der Waals surface area contributed by atoms with Gasteiger partial charge in [-0.2, -0.15) is 0 Å². The lowest BCUT2D eigenvalue weighted by Crippen LogP contribution is -2.41. The smallest absolute Gasteiger partial charge is 0.238 e. The Morgan fingerprint density at radius 3 is 2.26 bits per heavy atom. The van der Waals surface area contributed by atoms with Gasteiger partial charge < -0.3 is 15.4 Å². The molecule has 3 rings (SSSR count). The van der Waals surface area contributed by atoms with E-state index in [9.17, 15) is 14.0 Å². The molecule has 1 saturated heterocycles. The van der Waals surface area contributed by atoms with E-state index in [1.165, 1.54) is 12.1 Å². The van der Waals surface area contributed by atoms with Crippen LogP contribution in [0.25, 0.3) is 0 Å². The van der Waals surface area contributed by atoms with Gasteiger partial charge in [0, 0.05) is 24.5 Å². The van der Waals surface area contributed by atoms with Gasteiger partial charge in [-0.3, -0.25) is 14.5 Å². The van der Waals surface area contributed by atoms with Gasteiger partial charge in [-0.15, -0.1) is 0 Å². The van der Waals surface area contributed by atoms with Crippen molar-refractivity contribution in [3.05, 3.63) is 59.9 Å². The van der Waals surface area contributed by atoms with Crippen LogP contribution in [-0.4, -0.2) is 49.6 Å². The number of carbonyl (C=O) groups excluding carboxylic acids is 2. The highest BCUT2D eigenvalue weighted by molar-refractivity contribution is 5.95. The first-order valence-electron chi connectivity index (χ1n) is 8.83. The van der Waals surface area contributed by atoms with Crippen LogP contribution in [0, 0.1) is 5.82 Å². The lowest BCUT2D eigenvalue weighted by Gasteiger charge is -2.25.